The zero-order valence-electron chi connectivity index (χ0n) is 18.5. The zero-order chi connectivity index (χ0) is 20.2. The van der Waals surface area contributed by atoms with Crippen molar-refractivity contribution >= 4 is 16.1 Å². The third-order valence-corrected chi connectivity index (χ3v) is 13.9. The van der Waals surface area contributed by atoms with Crippen LogP contribution in [0.25, 0.3) is 0 Å². The molecule has 2 aliphatic rings. The molecule has 0 nitrogen and oxygen atoms in total. The van der Waals surface area contributed by atoms with Gasteiger partial charge in [-0.1, -0.05) is 0 Å². The number of hydrogen-bond donors (Lipinski definition) is 0. The van der Waals surface area contributed by atoms with Crippen LogP contribution in [0.15, 0.2) is 66.4 Å². The molecule has 0 N–H and O–H groups in total. The second-order valence-corrected chi connectivity index (χ2v) is 26.9. The van der Waals surface area contributed by atoms with E-state index >= 15 is 0 Å². The van der Waals surface area contributed by atoms with Gasteiger partial charge in [0.2, 0.25) is 0 Å². The maximum atomic E-state index is 4.41. The molecule has 2 rings (SSSR count). The third kappa shape index (κ3) is 8.33. The van der Waals surface area contributed by atoms with Crippen LogP contribution in [0.1, 0.15) is 25.7 Å². The van der Waals surface area contributed by atoms with Crippen LogP contribution < -0.4 is 0 Å². The quantitative estimate of drug-likeness (QED) is 0.187. The van der Waals surface area contributed by atoms with Crippen molar-refractivity contribution in [3.8, 4) is 0 Å². The molecular weight excluding hydrogens is 523 g/mol. The van der Waals surface area contributed by atoms with Gasteiger partial charge in [0.15, 0.2) is 0 Å². The Balaban J connectivity index is 2.05. The number of rotatable bonds is 10. The van der Waals surface area contributed by atoms with Crippen molar-refractivity contribution in [2.24, 2.45) is 0 Å². The van der Waals surface area contributed by atoms with E-state index in [4.69, 9.17) is 0 Å². The van der Waals surface area contributed by atoms with Crippen LogP contribution >= 0.6 is 0 Å². The van der Waals surface area contributed by atoms with Gasteiger partial charge in [0.1, 0.15) is 0 Å². The van der Waals surface area contributed by atoms with E-state index in [0.717, 1.165) is 12.8 Å². The van der Waals surface area contributed by atoms with Crippen LogP contribution in [0.3, 0.4) is 0 Å². The van der Waals surface area contributed by atoms with Crippen LogP contribution in [0, 0.1) is 0 Å². The Bertz CT molecular complexity index is 656. The van der Waals surface area contributed by atoms with Gasteiger partial charge in [0, 0.05) is 0 Å². The summed E-state index contributed by atoms with van der Waals surface area (Å²) in [6.07, 6.45) is 14.3. The van der Waals surface area contributed by atoms with Gasteiger partial charge >= 0.3 is 183 Å². The normalized spacial score (nSPS) is 17.3. The summed E-state index contributed by atoms with van der Waals surface area (Å²) in [6, 6.07) is 2.52. The van der Waals surface area contributed by atoms with E-state index in [9.17, 15) is 0 Å². The molecule has 0 unspecified atom stereocenters. The van der Waals surface area contributed by atoms with Crippen molar-refractivity contribution in [1.82, 2.24) is 0 Å². The van der Waals surface area contributed by atoms with Crippen molar-refractivity contribution < 1.29 is 22.9 Å². The van der Waals surface area contributed by atoms with E-state index in [1.54, 1.807) is 11.1 Å². The predicted molar refractivity (Wildman–Crippen MR) is 125 cm³/mol. The van der Waals surface area contributed by atoms with Gasteiger partial charge in [-0.05, 0) is 0 Å². The molecule has 0 spiro atoms. The van der Waals surface area contributed by atoms with E-state index < -0.39 is 39.1 Å². The summed E-state index contributed by atoms with van der Waals surface area (Å²) in [5.74, 6) is 0. The summed E-state index contributed by atoms with van der Waals surface area (Å²) in [5, 5.41) is 0. The summed E-state index contributed by atoms with van der Waals surface area (Å²) in [4.78, 5) is 0. The minimum absolute atomic E-state index is 0.913. The molecule has 0 saturated carbocycles. The van der Waals surface area contributed by atoms with Gasteiger partial charge in [-0.3, -0.25) is 0 Å². The molecule has 0 bridgehead atoms. The SMILES string of the molecule is C=C(CC1=[C]([Hf][C]2=C(CC(=C)C[Si](C)(C)C)C=CC2)CC=C1)C[Si](C)(C)C. The molecule has 2 aliphatic carbocycles. The van der Waals surface area contributed by atoms with Gasteiger partial charge in [0.25, 0.3) is 0 Å². The molecule has 3 heteroatoms. The monoisotopic (exact) mass is 562 g/mol. The fraction of sp³-hybridized carbons (Fsp3) is 0.500. The first kappa shape index (κ1) is 23.0. The first-order chi connectivity index (χ1) is 12.4. The molecule has 0 aromatic heterocycles. The van der Waals surface area contributed by atoms with E-state index in [1.807, 2.05) is 6.66 Å². The van der Waals surface area contributed by atoms with E-state index in [1.165, 1.54) is 36.1 Å². The Labute approximate surface area is 181 Å². The second-order valence-electron chi connectivity index (χ2n) is 10.7. The molecule has 0 aromatic rings. The predicted octanol–water partition coefficient (Wildman–Crippen LogP) is 8.07. The fourth-order valence-corrected chi connectivity index (χ4v) is 12.6. The topological polar surface area (TPSA) is 0 Å². The Morgan fingerprint density at radius 3 is 1.48 bits per heavy atom. The van der Waals surface area contributed by atoms with Gasteiger partial charge < -0.3 is 0 Å². The summed E-state index contributed by atoms with van der Waals surface area (Å²) < 4.78 is 3.64. The van der Waals surface area contributed by atoms with Gasteiger partial charge in [0.05, 0.1) is 0 Å². The Hall–Kier alpha value is -0.256. The van der Waals surface area contributed by atoms with Gasteiger partial charge in [-0.2, -0.15) is 0 Å². The van der Waals surface area contributed by atoms with Crippen LogP contribution in [-0.2, 0) is 22.9 Å². The van der Waals surface area contributed by atoms with Crippen molar-refractivity contribution in [2.45, 2.75) is 77.1 Å². The molecular formula is C24H38HfSi2. The summed E-state index contributed by atoms with van der Waals surface area (Å²) >= 11 is -0.913. The molecule has 0 heterocycles. The molecule has 146 valence electrons. The number of allylic oxidation sites excluding steroid dienone is 10. The van der Waals surface area contributed by atoms with Crippen LogP contribution in [0.5, 0.6) is 0 Å². The van der Waals surface area contributed by atoms with Crippen molar-refractivity contribution in [1.29, 1.82) is 0 Å². The first-order valence-electron chi connectivity index (χ1n) is 10.3. The summed E-state index contributed by atoms with van der Waals surface area (Å²) in [6.45, 7) is 23.5. The van der Waals surface area contributed by atoms with Gasteiger partial charge in [-0.15, -0.1) is 0 Å². The fourth-order valence-electron chi connectivity index (χ4n) is 4.04. The van der Waals surface area contributed by atoms with E-state index in [2.05, 4.69) is 76.7 Å². The zero-order valence-corrected chi connectivity index (χ0v) is 24.1. The van der Waals surface area contributed by atoms with Crippen molar-refractivity contribution in [2.75, 3.05) is 0 Å². The Morgan fingerprint density at radius 2 is 1.15 bits per heavy atom. The molecule has 27 heavy (non-hydrogen) atoms. The molecule has 0 aliphatic heterocycles. The Morgan fingerprint density at radius 1 is 0.778 bits per heavy atom. The Kier molecular flexibility index (Phi) is 8.10. The standard InChI is InChI=1S/2C12H19Si.Hf/c2*1-11(10-13(2,3)4)9-12-7-5-6-8-12;/h2*5,7H,1,6,9-10H2,2-4H3;. The van der Waals surface area contributed by atoms with Crippen LogP contribution in [0.2, 0.25) is 51.4 Å². The van der Waals surface area contributed by atoms with Crippen LogP contribution in [-0.4, -0.2) is 16.1 Å². The van der Waals surface area contributed by atoms with Crippen LogP contribution in [0.4, 0.5) is 0 Å². The summed E-state index contributed by atoms with van der Waals surface area (Å²) in [5.41, 5.74) is 6.17. The molecule has 0 saturated heterocycles. The van der Waals surface area contributed by atoms with Crippen molar-refractivity contribution in [3.63, 3.8) is 0 Å². The molecule has 0 fully saturated rings. The average molecular weight is 561 g/mol. The molecule has 0 atom stereocenters. The van der Waals surface area contributed by atoms with Gasteiger partial charge in [-0.25, -0.2) is 0 Å². The number of hydrogen-bond acceptors (Lipinski definition) is 0. The van der Waals surface area contributed by atoms with Crippen molar-refractivity contribution in [3.05, 3.63) is 66.4 Å². The maximum absolute atomic E-state index is 4.41. The second kappa shape index (κ2) is 9.49. The minimum atomic E-state index is -1.06. The van der Waals surface area contributed by atoms with E-state index in [0.29, 0.717) is 0 Å². The first-order valence-corrected chi connectivity index (χ1v) is 21.3. The molecule has 0 aromatic carbocycles. The average Bonchev–Trinajstić information content (AvgIpc) is 3.06. The summed E-state index contributed by atoms with van der Waals surface area (Å²) in [7, 11) is -2.11. The van der Waals surface area contributed by atoms with E-state index in [-0.39, 0.29) is 0 Å². The molecule has 0 radical (unpaired) electrons. The molecule has 0 amide bonds. The third-order valence-electron chi connectivity index (χ3n) is 4.80.